The van der Waals surface area contributed by atoms with Crippen molar-refractivity contribution in [1.29, 1.82) is 0 Å². The summed E-state index contributed by atoms with van der Waals surface area (Å²) in [5.74, 6) is -0.288. The van der Waals surface area contributed by atoms with Gasteiger partial charge in [-0.15, -0.1) is 0 Å². The van der Waals surface area contributed by atoms with Crippen LogP contribution in [0.25, 0.3) is 6.08 Å². The second-order valence-electron chi connectivity index (χ2n) is 8.62. The maximum Gasteiger partial charge on any atom is 0.525 e. The molecule has 1 fully saturated rings. The van der Waals surface area contributed by atoms with E-state index in [2.05, 4.69) is 0 Å². The van der Waals surface area contributed by atoms with Crippen LogP contribution in [-0.4, -0.2) is 29.9 Å². The molecule has 0 spiro atoms. The van der Waals surface area contributed by atoms with Crippen LogP contribution >= 0.6 is 0 Å². The highest BCUT2D eigenvalue weighted by molar-refractivity contribution is 6.54. The van der Waals surface area contributed by atoms with Gasteiger partial charge in [0, 0.05) is 0 Å². The molecule has 0 radical (unpaired) electrons. The van der Waals surface area contributed by atoms with E-state index in [1.807, 2.05) is 48.5 Å². The smallest absolute Gasteiger partial charge is 0.460 e. The van der Waals surface area contributed by atoms with Crippen LogP contribution in [-0.2, 0) is 25.3 Å². The maximum absolute atomic E-state index is 14.5. The topological polar surface area (TPSA) is 44.8 Å². The molecule has 0 unspecified atom stereocenters. The number of carbonyl (C=O) groups is 1. The third-order valence-electron chi connectivity index (χ3n) is 4.53. The summed E-state index contributed by atoms with van der Waals surface area (Å²) in [4.78, 5) is 11.9. The highest BCUT2D eigenvalue weighted by atomic mass is 19.1. The summed E-state index contributed by atoms with van der Waals surface area (Å²) >= 11 is 0. The molecule has 142 valence electrons. The van der Waals surface area contributed by atoms with Gasteiger partial charge in [0.1, 0.15) is 11.3 Å². The summed E-state index contributed by atoms with van der Waals surface area (Å²) in [6.07, 6.45) is 1.57. The standard InChI is InChI=1S/C20H28BFO4/c1-18(2,3)24-17(23)13-15-10-8-14(9-11-15)12-16(22)21-25-19(4,5)20(6,7)26-21/h8-12H,13H2,1-7H3. The van der Waals surface area contributed by atoms with E-state index in [9.17, 15) is 9.18 Å². The van der Waals surface area contributed by atoms with Crippen LogP contribution in [0.5, 0.6) is 0 Å². The first-order chi connectivity index (χ1) is 11.8. The number of esters is 1. The zero-order valence-electron chi connectivity index (χ0n) is 16.7. The molecule has 2 rings (SSSR count). The van der Waals surface area contributed by atoms with E-state index in [0.29, 0.717) is 5.56 Å². The first-order valence-electron chi connectivity index (χ1n) is 8.83. The molecule has 6 heteroatoms. The molecule has 1 aromatic rings. The van der Waals surface area contributed by atoms with Crippen molar-refractivity contribution in [3.63, 3.8) is 0 Å². The van der Waals surface area contributed by atoms with Crippen LogP contribution in [0, 0.1) is 0 Å². The van der Waals surface area contributed by atoms with Crippen LogP contribution < -0.4 is 0 Å². The normalized spacial score (nSPS) is 19.5. The van der Waals surface area contributed by atoms with E-state index >= 15 is 0 Å². The summed E-state index contributed by atoms with van der Waals surface area (Å²) < 4.78 is 31.2. The minimum absolute atomic E-state index is 0.182. The van der Waals surface area contributed by atoms with Gasteiger partial charge in [-0.3, -0.25) is 4.79 Å². The van der Waals surface area contributed by atoms with Gasteiger partial charge in [-0.25, -0.2) is 4.39 Å². The molecule has 1 saturated heterocycles. The predicted molar refractivity (Wildman–Crippen MR) is 101 cm³/mol. The van der Waals surface area contributed by atoms with E-state index in [-0.39, 0.29) is 12.4 Å². The van der Waals surface area contributed by atoms with Crippen molar-refractivity contribution in [2.75, 3.05) is 0 Å². The maximum atomic E-state index is 14.5. The van der Waals surface area contributed by atoms with Crippen LogP contribution in [0.4, 0.5) is 4.39 Å². The minimum atomic E-state index is -1.01. The molecular weight excluding hydrogens is 334 g/mol. The van der Waals surface area contributed by atoms with Crippen LogP contribution in [0.3, 0.4) is 0 Å². The lowest BCUT2D eigenvalue weighted by Crippen LogP contribution is -2.41. The molecule has 1 aliphatic rings. The van der Waals surface area contributed by atoms with Crippen molar-refractivity contribution < 1.29 is 23.2 Å². The number of rotatable bonds is 4. The van der Waals surface area contributed by atoms with Gasteiger partial charge in [-0.1, -0.05) is 24.3 Å². The Hall–Kier alpha value is -1.66. The Morgan fingerprint density at radius 1 is 1.12 bits per heavy atom. The van der Waals surface area contributed by atoms with Crippen LogP contribution in [0.15, 0.2) is 30.0 Å². The lowest BCUT2D eigenvalue weighted by atomic mass is 9.86. The van der Waals surface area contributed by atoms with Crippen LogP contribution in [0.2, 0.25) is 0 Å². The van der Waals surface area contributed by atoms with Gasteiger partial charge >= 0.3 is 13.1 Å². The number of hydrogen-bond acceptors (Lipinski definition) is 4. The third kappa shape index (κ3) is 5.18. The van der Waals surface area contributed by atoms with Crippen molar-refractivity contribution in [2.24, 2.45) is 0 Å². The zero-order chi connectivity index (χ0) is 19.8. The molecule has 0 aromatic heterocycles. The van der Waals surface area contributed by atoms with Gasteiger partial charge in [-0.2, -0.15) is 0 Å². The average molecular weight is 362 g/mol. The Kier molecular flexibility index (Phi) is 5.69. The number of carbonyl (C=O) groups excluding carboxylic acids is 1. The summed E-state index contributed by atoms with van der Waals surface area (Å²) in [5.41, 5.74) is -0.674. The Morgan fingerprint density at radius 2 is 1.62 bits per heavy atom. The lowest BCUT2D eigenvalue weighted by Gasteiger charge is -2.32. The van der Waals surface area contributed by atoms with Crippen molar-refractivity contribution >= 4 is 19.2 Å². The zero-order valence-corrected chi connectivity index (χ0v) is 16.7. The van der Waals surface area contributed by atoms with Gasteiger partial charge in [0.15, 0.2) is 0 Å². The Labute approximate surface area is 155 Å². The fourth-order valence-corrected chi connectivity index (χ4v) is 2.46. The van der Waals surface area contributed by atoms with Gasteiger partial charge in [-0.05, 0) is 65.7 Å². The van der Waals surface area contributed by atoms with E-state index < -0.39 is 29.6 Å². The van der Waals surface area contributed by atoms with Gasteiger partial charge in [0.05, 0.1) is 17.6 Å². The number of halogens is 1. The summed E-state index contributed by atoms with van der Waals surface area (Å²) in [5, 5.41) is 0. The molecule has 0 aliphatic carbocycles. The summed E-state index contributed by atoms with van der Waals surface area (Å²) in [6, 6.07) is 7.08. The first kappa shape index (κ1) is 20.7. The average Bonchev–Trinajstić information content (AvgIpc) is 2.67. The lowest BCUT2D eigenvalue weighted by molar-refractivity contribution is -0.153. The van der Waals surface area contributed by atoms with Crippen molar-refractivity contribution in [3.8, 4) is 0 Å². The molecule has 0 saturated carbocycles. The SMILES string of the molecule is CC(C)(C)OC(=O)Cc1ccc(C=C(F)B2OC(C)(C)C(C)(C)O2)cc1. The molecular formula is C20H28BFO4. The van der Waals surface area contributed by atoms with E-state index in [0.717, 1.165) is 5.56 Å². The monoisotopic (exact) mass is 362 g/mol. The predicted octanol–water partition coefficient (Wildman–Crippen LogP) is 4.51. The van der Waals surface area contributed by atoms with Crippen molar-refractivity contribution in [1.82, 2.24) is 0 Å². The third-order valence-corrected chi connectivity index (χ3v) is 4.53. The number of ether oxygens (including phenoxy) is 1. The van der Waals surface area contributed by atoms with Crippen LogP contribution in [0.1, 0.15) is 59.6 Å². The van der Waals surface area contributed by atoms with E-state index in [1.165, 1.54) is 6.08 Å². The molecule has 1 heterocycles. The fourth-order valence-electron chi connectivity index (χ4n) is 2.46. The second kappa shape index (κ2) is 7.16. The number of hydrogen-bond donors (Lipinski definition) is 0. The quantitative estimate of drug-likeness (QED) is 0.584. The first-order valence-corrected chi connectivity index (χ1v) is 8.83. The van der Waals surface area contributed by atoms with Gasteiger partial charge < -0.3 is 14.0 Å². The highest BCUT2D eigenvalue weighted by Gasteiger charge is 2.53. The second-order valence-corrected chi connectivity index (χ2v) is 8.62. The van der Waals surface area contributed by atoms with E-state index in [1.54, 1.807) is 24.3 Å². The summed E-state index contributed by atoms with van der Waals surface area (Å²) in [6.45, 7) is 13.0. The Bertz CT molecular complexity index is 671. The van der Waals surface area contributed by atoms with E-state index in [4.69, 9.17) is 14.0 Å². The van der Waals surface area contributed by atoms with Gasteiger partial charge in [0.25, 0.3) is 0 Å². The Morgan fingerprint density at radius 3 is 2.08 bits per heavy atom. The molecule has 0 bridgehead atoms. The molecule has 1 aliphatic heterocycles. The largest absolute Gasteiger partial charge is 0.525 e. The molecule has 0 atom stereocenters. The molecule has 1 aromatic carbocycles. The Balaban J connectivity index is 2.02. The molecule has 26 heavy (non-hydrogen) atoms. The van der Waals surface area contributed by atoms with Gasteiger partial charge in [0.2, 0.25) is 0 Å². The van der Waals surface area contributed by atoms with Crippen molar-refractivity contribution in [2.45, 2.75) is 71.7 Å². The fraction of sp³-hybridized carbons (Fsp3) is 0.550. The number of benzene rings is 1. The molecule has 4 nitrogen and oxygen atoms in total. The molecule has 0 amide bonds. The minimum Gasteiger partial charge on any atom is -0.460 e. The van der Waals surface area contributed by atoms with Crippen molar-refractivity contribution in [3.05, 3.63) is 41.1 Å². The highest BCUT2D eigenvalue weighted by Crippen LogP contribution is 2.39. The molecule has 0 N–H and O–H groups in total. The summed E-state index contributed by atoms with van der Waals surface area (Å²) in [7, 11) is -1.01.